The molecule has 3 heteroatoms. The van der Waals surface area contributed by atoms with E-state index in [4.69, 9.17) is 9.47 Å². The zero-order valence-corrected chi connectivity index (χ0v) is 13.2. The van der Waals surface area contributed by atoms with Gasteiger partial charge < -0.3 is 14.6 Å². The molecule has 0 bridgehead atoms. The maximum Gasteiger partial charge on any atom is 0.125 e. The van der Waals surface area contributed by atoms with E-state index in [-0.39, 0.29) is 18.3 Å². The SMILES string of the molecule is Cc1cc(CO)cc(C)c1OC1CCOC2(CCCC2)C1. The van der Waals surface area contributed by atoms with Crippen LogP contribution in [0.5, 0.6) is 5.75 Å². The van der Waals surface area contributed by atoms with Gasteiger partial charge in [-0.1, -0.05) is 25.0 Å². The number of aliphatic hydroxyl groups is 1. The van der Waals surface area contributed by atoms with Crippen molar-refractivity contribution in [2.24, 2.45) is 0 Å². The lowest BCUT2D eigenvalue weighted by atomic mass is 9.90. The first kappa shape index (κ1) is 14.9. The lowest BCUT2D eigenvalue weighted by Gasteiger charge is -2.38. The highest BCUT2D eigenvalue weighted by Crippen LogP contribution is 2.41. The molecular weight excluding hydrogens is 264 g/mol. The van der Waals surface area contributed by atoms with Gasteiger partial charge in [0.05, 0.1) is 18.8 Å². The predicted octanol–water partition coefficient (Wildman–Crippen LogP) is 3.67. The molecule has 1 aromatic rings. The molecule has 1 N–H and O–H groups in total. The molecular formula is C18H26O3. The third kappa shape index (κ3) is 3.09. The average Bonchev–Trinajstić information content (AvgIpc) is 2.90. The number of aliphatic hydroxyl groups excluding tert-OH is 1. The van der Waals surface area contributed by atoms with E-state index in [1.165, 1.54) is 25.7 Å². The maximum absolute atomic E-state index is 9.28. The molecule has 21 heavy (non-hydrogen) atoms. The van der Waals surface area contributed by atoms with Crippen molar-refractivity contribution in [2.75, 3.05) is 6.61 Å². The van der Waals surface area contributed by atoms with Crippen LogP contribution in [-0.4, -0.2) is 23.4 Å². The lowest BCUT2D eigenvalue weighted by Crippen LogP contribution is -2.41. The molecule has 0 aromatic heterocycles. The van der Waals surface area contributed by atoms with Gasteiger partial charge in [-0.25, -0.2) is 0 Å². The van der Waals surface area contributed by atoms with Gasteiger partial charge >= 0.3 is 0 Å². The Bertz CT molecular complexity index is 480. The van der Waals surface area contributed by atoms with Crippen LogP contribution in [0.2, 0.25) is 0 Å². The molecule has 1 saturated carbocycles. The largest absolute Gasteiger partial charge is 0.490 e. The number of hydrogen-bond acceptors (Lipinski definition) is 3. The van der Waals surface area contributed by atoms with E-state index >= 15 is 0 Å². The van der Waals surface area contributed by atoms with Gasteiger partial charge in [0.25, 0.3) is 0 Å². The minimum atomic E-state index is 0.0857. The molecule has 1 heterocycles. The standard InChI is InChI=1S/C18H26O3/c1-13-9-15(12-19)10-14(2)17(13)21-16-5-8-20-18(11-16)6-3-4-7-18/h9-10,16,19H,3-8,11-12H2,1-2H3. The molecule has 1 saturated heterocycles. The molecule has 1 aliphatic heterocycles. The summed E-state index contributed by atoms with van der Waals surface area (Å²) in [4.78, 5) is 0. The number of benzene rings is 1. The average molecular weight is 290 g/mol. The highest BCUT2D eigenvalue weighted by Gasteiger charge is 2.40. The normalized spacial score (nSPS) is 24.4. The Balaban J connectivity index is 1.74. The van der Waals surface area contributed by atoms with E-state index in [1.54, 1.807) is 0 Å². The summed E-state index contributed by atoms with van der Waals surface area (Å²) in [6.45, 7) is 5.03. The van der Waals surface area contributed by atoms with Gasteiger partial charge in [0.1, 0.15) is 11.9 Å². The van der Waals surface area contributed by atoms with Crippen molar-refractivity contribution >= 4 is 0 Å². The Labute approximate surface area is 127 Å². The van der Waals surface area contributed by atoms with Crippen molar-refractivity contribution in [3.63, 3.8) is 0 Å². The van der Waals surface area contributed by atoms with Gasteiger partial charge in [-0.15, -0.1) is 0 Å². The summed E-state index contributed by atoms with van der Waals surface area (Å²) in [7, 11) is 0. The van der Waals surface area contributed by atoms with Crippen LogP contribution in [0.15, 0.2) is 12.1 Å². The number of hydrogen-bond donors (Lipinski definition) is 1. The van der Waals surface area contributed by atoms with Crippen LogP contribution in [0.4, 0.5) is 0 Å². The minimum Gasteiger partial charge on any atom is -0.490 e. The van der Waals surface area contributed by atoms with Gasteiger partial charge in [0.15, 0.2) is 0 Å². The van der Waals surface area contributed by atoms with Crippen LogP contribution in [-0.2, 0) is 11.3 Å². The molecule has 1 unspecified atom stereocenters. The topological polar surface area (TPSA) is 38.7 Å². The van der Waals surface area contributed by atoms with Crippen molar-refractivity contribution in [1.29, 1.82) is 0 Å². The molecule has 3 rings (SSSR count). The second-order valence-corrected chi connectivity index (χ2v) is 6.69. The van der Waals surface area contributed by atoms with Crippen molar-refractivity contribution < 1.29 is 14.6 Å². The van der Waals surface area contributed by atoms with Crippen molar-refractivity contribution in [2.45, 2.75) is 70.7 Å². The summed E-state index contributed by atoms with van der Waals surface area (Å²) in [5, 5.41) is 9.28. The summed E-state index contributed by atoms with van der Waals surface area (Å²) < 4.78 is 12.4. The van der Waals surface area contributed by atoms with E-state index < -0.39 is 0 Å². The third-order valence-electron chi connectivity index (χ3n) is 4.95. The van der Waals surface area contributed by atoms with Crippen LogP contribution >= 0.6 is 0 Å². The summed E-state index contributed by atoms with van der Waals surface area (Å²) in [6, 6.07) is 4.04. The number of ether oxygens (including phenoxy) is 2. The highest BCUT2D eigenvalue weighted by atomic mass is 16.5. The Morgan fingerprint density at radius 3 is 2.52 bits per heavy atom. The number of aryl methyl sites for hydroxylation is 2. The van der Waals surface area contributed by atoms with E-state index in [0.717, 1.165) is 41.9 Å². The van der Waals surface area contributed by atoms with Crippen LogP contribution in [0.3, 0.4) is 0 Å². The first-order valence-corrected chi connectivity index (χ1v) is 8.13. The molecule has 3 nitrogen and oxygen atoms in total. The fraction of sp³-hybridized carbons (Fsp3) is 0.667. The quantitative estimate of drug-likeness (QED) is 0.923. The smallest absolute Gasteiger partial charge is 0.125 e. The zero-order valence-electron chi connectivity index (χ0n) is 13.2. The molecule has 1 aliphatic carbocycles. The zero-order chi connectivity index (χ0) is 14.9. The Morgan fingerprint density at radius 2 is 1.90 bits per heavy atom. The van der Waals surface area contributed by atoms with E-state index in [1.807, 2.05) is 12.1 Å². The molecule has 1 spiro atoms. The van der Waals surface area contributed by atoms with Crippen LogP contribution in [0, 0.1) is 13.8 Å². The van der Waals surface area contributed by atoms with Gasteiger partial charge in [0.2, 0.25) is 0 Å². The summed E-state index contributed by atoms with van der Waals surface area (Å²) >= 11 is 0. The second kappa shape index (κ2) is 5.98. The van der Waals surface area contributed by atoms with E-state index in [0.29, 0.717) is 0 Å². The van der Waals surface area contributed by atoms with Gasteiger partial charge in [-0.3, -0.25) is 0 Å². The molecule has 2 aliphatic rings. The minimum absolute atomic E-state index is 0.0857. The monoisotopic (exact) mass is 290 g/mol. The predicted molar refractivity (Wildman–Crippen MR) is 82.6 cm³/mol. The molecule has 0 radical (unpaired) electrons. The van der Waals surface area contributed by atoms with Crippen LogP contribution in [0.25, 0.3) is 0 Å². The molecule has 1 atom stereocenters. The Hall–Kier alpha value is -1.06. The van der Waals surface area contributed by atoms with Crippen LogP contribution < -0.4 is 4.74 Å². The fourth-order valence-corrected chi connectivity index (χ4v) is 3.93. The van der Waals surface area contributed by atoms with E-state index in [9.17, 15) is 5.11 Å². The molecule has 0 amide bonds. The first-order valence-electron chi connectivity index (χ1n) is 8.13. The van der Waals surface area contributed by atoms with Gasteiger partial charge in [0, 0.05) is 12.8 Å². The Kier molecular flexibility index (Phi) is 4.23. The second-order valence-electron chi connectivity index (χ2n) is 6.69. The summed E-state index contributed by atoms with van der Waals surface area (Å²) in [5.41, 5.74) is 3.28. The third-order valence-corrected chi connectivity index (χ3v) is 4.95. The fourth-order valence-electron chi connectivity index (χ4n) is 3.93. The summed E-state index contributed by atoms with van der Waals surface area (Å²) in [6.07, 6.45) is 7.21. The van der Waals surface area contributed by atoms with E-state index in [2.05, 4.69) is 13.8 Å². The number of rotatable bonds is 3. The maximum atomic E-state index is 9.28. The van der Waals surface area contributed by atoms with Gasteiger partial charge in [-0.05, 0) is 43.4 Å². The van der Waals surface area contributed by atoms with Crippen LogP contribution in [0.1, 0.15) is 55.2 Å². The highest BCUT2D eigenvalue weighted by molar-refractivity contribution is 5.43. The van der Waals surface area contributed by atoms with Crippen molar-refractivity contribution in [3.8, 4) is 5.75 Å². The van der Waals surface area contributed by atoms with Crippen molar-refractivity contribution in [3.05, 3.63) is 28.8 Å². The van der Waals surface area contributed by atoms with Crippen molar-refractivity contribution in [1.82, 2.24) is 0 Å². The molecule has 116 valence electrons. The lowest BCUT2D eigenvalue weighted by molar-refractivity contribution is -0.108. The molecule has 2 fully saturated rings. The Morgan fingerprint density at radius 1 is 1.24 bits per heavy atom. The summed E-state index contributed by atoms with van der Waals surface area (Å²) in [5.74, 6) is 0.993. The van der Waals surface area contributed by atoms with Gasteiger partial charge in [-0.2, -0.15) is 0 Å². The first-order chi connectivity index (χ1) is 10.1. The molecule has 1 aromatic carbocycles.